The molecule has 0 rings (SSSR count). The van der Waals surface area contributed by atoms with E-state index in [0.717, 1.165) is 6.29 Å². The topological polar surface area (TPSA) is 61.8 Å². The summed E-state index contributed by atoms with van der Waals surface area (Å²) in [5.41, 5.74) is 0. The average molecular weight is 335 g/mol. The number of methoxy groups -OCH3 is 1. The Bertz CT molecular complexity index is 333. The van der Waals surface area contributed by atoms with Crippen LogP contribution in [0.1, 0.15) is 19.3 Å². The Labute approximate surface area is 130 Å². The first kappa shape index (κ1) is 20.5. The summed E-state index contributed by atoms with van der Waals surface area (Å²) in [7, 11) is -2.17. The van der Waals surface area contributed by atoms with Gasteiger partial charge in [0.25, 0.3) is 0 Å². The number of esters is 1. The van der Waals surface area contributed by atoms with Crippen molar-refractivity contribution in [3.05, 3.63) is 0 Å². The summed E-state index contributed by atoms with van der Waals surface area (Å²) in [4.78, 5) is 22.4. The molecule has 0 fully saturated rings. The van der Waals surface area contributed by atoms with Gasteiger partial charge in [0.1, 0.15) is 6.29 Å². The molecule has 0 amide bonds. The van der Waals surface area contributed by atoms with Crippen LogP contribution in [0.25, 0.3) is 0 Å². The second-order valence-corrected chi connectivity index (χ2v) is 16.0. The van der Waals surface area contributed by atoms with Gasteiger partial charge in [0, 0.05) is 6.42 Å². The van der Waals surface area contributed by atoms with E-state index < -0.39 is 16.6 Å². The second-order valence-electron chi connectivity index (χ2n) is 7.12. The summed E-state index contributed by atoms with van der Waals surface area (Å²) in [6.45, 7) is 12.5. The summed E-state index contributed by atoms with van der Waals surface area (Å²) in [6, 6.07) is 0. The maximum atomic E-state index is 11.5. The molecule has 0 radical (unpaired) electrons. The van der Waals surface area contributed by atoms with E-state index in [1.807, 2.05) is 0 Å². The normalized spacial score (nSPS) is 15.4. The average Bonchev–Trinajstić information content (AvgIpc) is 2.24. The molecule has 2 atom stereocenters. The third-order valence-corrected chi connectivity index (χ3v) is 4.63. The molecule has 0 aromatic rings. The Morgan fingerprint density at radius 2 is 1.48 bits per heavy atom. The van der Waals surface area contributed by atoms with Crippen molar-refractivity contribution in [2.24, 2.45) is 0 Å². The number of carbonyl (C=O) groups excluding carboxylic acids is 2. The summed E-state index contributed by atoms with van der Waals surface area (Å²) >= 11 is 0. The fourth-order valence-electron chi connectivity index (χ4n) is 2.04. The molecular formula is C14H30O5Si2. The van der Waals surface area contributed by atoms with Crippen molar-refractivity contribution < 1.29 is 23.2 Å². The van der Waals surface area contributed by atoms with Gasteiger partial charge in [-0.1, -0.05) is 0 Å². The lowest BCUT2D eigenvalue weighted by molar-refractivity contribution is -0.142. The fraction of sp³-hybridized carbons (Fsp3) is 0.857. The SMILES string of the molecule is COC(=O)CC(CC(CC=O)O[Si](C)(C)C)O[Si](C)(C)C. The van der Waals surface area contributed by atoms with Gasteiger partial charge in [0.2, 0.25) is 0 Å². The standard InChI is InChI=1S/C14H30O5Si2/c1-17-14(16)11-13(19-21(5,6)7)10-12(8-9-15)18-20(2,3)4/h9,12-13H,8,10-11H2,1-7H3. The number of carbonyl (C=O) groups is 2. The van der Waals surface area contributed by atoms with E-state index in [4.69, 9.17) is 13.6 Å². The Morgan fingerprint density at radius 1 is 1.00 bits per heavy atom. The molecule has 21 heavy (non-hydrogen) atoms. The predicted molar refractivity (Wildman–Crippen MR) is 88.4 cm³/mol. The molecule has 7 heteroatoms. The van der Waals surface area contributed by atoms with Crippen LogP contribution in [-0.4, -0.2) is 48.2 Å². The van der Waals surface area contributed by atoms with Gasteiger partial charge in [-0.05, 0) is 45.7 Å². The van der Waals surface area contributed by atoms with E-state index in [-0.39, 0.29) is 24.6 Å². The van der Waals surface area contributed by atoms with E-state index >= 15 is 0 Å². The molecule has 2 unspecified atom stereocenters. The summed E-state index contributed by atoms with van der Waals surface area (Å²) in [6.07, 6.45) is 1.49. The first-order valence-electron chi connectivity index (χ1n) is 7.33. The lowest BCUT2D eigenvalue weighted by Gasteiger charge is -2.31. The molecule has 0 aromatic heterocycles. The molecule has 0 bridgehead atoms. The van der Waals surface area contributed by atoms with Gasteiger partial charge in [0.05, 0.1) is 25.7 Å². The first-order chi connectivity index (χ1) is 9.46. The van der Waals surface area contributed by atoms with Gasteiger partial charge in [-0.3, -0.25) is 4.79 Å². The molecule has 5 nitrogen and oxygen atoms in total. The van der Waals surface area contributed by atoms with Crippen LogP contribution in [0.3, 0.4) is 0 Å². The highest BCUT2D eigenvalue weighted by atomic mass is 28.4. The maximum Gasteiger partial charge on any atom is 0.308 e. The van der Waals surface area contributed by atoms with E-state index in [1.165, 1.54) is 7.11 Å². The van der Waals surface area contributed by atoms with Crippen LogP contribution in [0.4, 0.5) is 0 Å². The lowest BCUT2D eigenvalue weighted by atomic mass is 10.1. The van der Waals surface area contributed by atoms with Crippen LogP contribution in [0.2, 0.25) is 39.3 Å². The van der Waals surface area contributed by atoms with Crippen molar-refractivity contribution in [2.45, 2.75) is 70.8 Å². The van der Waals surface area contributed by atoms with E-state index in [1.54, 1.807) is 0 Å². The third-order valence-electron chi connectivity index (χ3n) is 2.55. The van der Waals surface area contributed by atoms with Crippen LogP contribution in [0.15, 0.2) is 0 Å². The van der Waals surface area contributed by atoms with Crippen molar-refractivity contribution in [1.29, 1.82) is 0 Å². The number of hydrogen-bond donors (Lipinski definition) is 0. The predicted octanol–water partition coefficient (Wildman–Crippen LogP) is 2.97. The molecule has 0 aliphatic rings. The number of ether oxygens (including phenoxy) is 1. The Morgan fingerprint density at radius 3 is 1.86 bits per heavy atom. The number of rotatable bonds is 10. The molecule has 0 N–H and O–H groups in total. The van der Waals surface area contributed by atoms with Crippen molar-refractivity contribution in [3.63, 3.8) is 0 Å². The van der Waals surface area contributed by atoms with Gasteiger partial charge in [-0.25, -0.2) is 0 Å². The van der Waals surface area contributed by atoms with Gasteiger partial charge < -0.3 is 18.4 Å². The summed E-state index contributed by atoms with van der Waals surface area (Å²) in [5, 5.41) is 0. The Hall–Kier alpha value is -0.506. The summed E-state index contributed by atoms with van der Waals surface area (Å²) in [5.74, 6) is -0.295. The van der Waals surface area contributed by atoms with Crippen LogP contribution in [-0.2, 0) is 23.2 Å². The number of aldehydes is 1. The van der Waals surface area contributed by atoms with E-state index in [2.05, 4.69) is 39.3 Å². The maximum absolute atomic E-state index is 11.5. The monoisotopic (exact) mass is 334 g/mol. The van der Waals surface area contributed by atoms with E-state index in [0.29, 0.717) is 12.8 Å². The molecule has 0 aliphatic carbocycles. The third kappa shape index (κ3) is 11.8. The zero-order chi connectivity index (χ0) is 16.7. The van der Waals surface area contributed by atoms with Crippen LogP contribution < -0.4 is 0 Å². The Balaban J connectivity index is 4.85. The molecule has 0 saturated carbocycles. The minimum atomic E-state index is -1.79. The van der Waals surface area contributed by atoms with Crippen LogP contribution >= 0.6 is 0 Å². The van der Waals surface area contributed by atoms with Crippen molar-refractivity contribution >= 4 is 28.9 Å². The van der Waals surface area contributed by atoms with Crippen molar-refractivity contribution in [2.75, 3.05) is 7.11 Å². The Kier molecular flexibility index (Phi) is 8.61. The highest BCUT2D eigenvalue weighted by Gasteiger charge is 2.29. The zero-order valence-corrected chi connectivity index (χ0v) is 16.4. The highest BCUT2D eigenvalue weighted by molar-refractivity contribution is 6.70. The molecule has 0 heterocycles. The quantitative estimate of drug-likeness (QED) is 0.349. The number of hydrogen-bond acceptors (Lipinski definition) is 5. The molecule has 0 saturated heterocycles. The second kappa shape index (κ2) is 8.82. The lowest BCUT2D eigenvalue weighted by Crippen LogP contribution is -2.39. The molecule has 124 valence electrons. The zero-order valence-electron chi connectivity index (χ0n) is 14.4. The first-order valence-corrected chi connectivity index (χ1v) is 14.1. The smallest absolute Gasteiger partial charge is 0.308 e. The molecule has 0 aliphatic heterocycles. The van der Waals surface area contributed by atoms with Gasteiger partial charge in [-0.15, -0.1) is 0 Å². The van der Waals surface area contributed by atoms with Crippen molar-refractivity contribution in [1.82, 2.24) is 0 Å². The minimum Gasteiger partial charge on any atom is -0.469 e. The molecule has 0 spiro atoms. The molecular weight excluding hydrogens is 304 g/mol. The summed E-state index contributed by atoms with van der Waals surface area (Å²) < 4.78 is 16.8. The van der Waals surface area contributed by atoms with Gasteiger partial charge in [-0.2, -0.15) is 0 Å². The van der Waals surface area contributed by atoms with Crippen LogP contribution in [0.5, 0.6) is 0 Å². The van der Waals surface area contributed by atoms with Gasteiger partial charge in [0.15, 0.2) is 16.6 Å². The van der Waals surface area contributed by atoms with Crippen molar-refractivity contribution in [3.8, 4) is 0 Å². The largest absolute Gasteiger partial charge is 0.469 e. The van der Waals surface area contributed by atoms with Gasteiger partial charge >= 0.3 is 5.97 Å². The highest BCUT2D eigenvalue weighted by Crippen LogP contribution is 2.20. The van der Waals surface area contributed by atoms with Crippen LogP contribution in [0, 0.1) is 0 Å². The van der Waals surface area contributed by atoms with E-state index in [9.17, 15) is 9.59 Å². The minimum absolute atomic E-state index is 0.194. The fourth-order valence-corrected chi connectivity index (χ4v) is 4.41. The molecule has 0 aromatic carbocycles.